The van der Waals surface area contributed by atoms with Crippen molar-refractivity contribution in [3.63, 3.8) is 0 Å². The van der Waals surface area contributed by atoms with Gasteiger partial charge < -0.3 is 14.7 Å². The molecule has 29 heavy (non-hydrogen) atoms. The third kappa shape index (κ3) is 4.41. The number of ether oxygens (including phenoxy) is 1. The Balaban J connectivity index is 0.00000240. The number of aliphatic carboxylic acids is 1. The minimum atomic E-state index is -0.775. The normalized spacial score (nSPS) is 17.5. The minimum absolute atomic E-state index is 0. The molecule has 0 amide bonds. The van der Waals surface area contributed by atoms with Crippen LogP contribution in [0.5, 0.6) is 5.75 Å². The van der Waals surface area contributed by atoms with Crippen LogP contribution in [0.3, 0.4) is 0 Å². The first-order valence-corrected chi connectivity index (χ1v) is 9.69. The van der Waals surface area contributed by atoms with Crippen LogP contribution in [-0.4, -0.2) is 55.3 Å². The molecule has 6 heteroatoms. The fourth-order valence-electron chi connectivity index (χ4n) is 4.07. The number of piperidine rings is 1. The van der Waals surface area contributed by atoms with Crippen LogP contribution in [0.1, 0.15) is 24.0 Å². The molecule has 0 bridgehead atoms. The van der Waals surface area contributed by atoms with E-state index in [0.717, 1.165) is 37.2 Å². The first-order chi connectivity index (χ1) is 13.5. The van der Waals surface area contributed by atoms with E-state index in [0.29, 0.717) is 0 Å². The first kappa shape index (κ1) is 21.2. The van der Waals surface area contributed by atoms with Crippen molar-refractivity contribution >= 4 is 29.6 Å². The Labute approximate surface area is 178 Å². The average Bonchev–Trinajstić information content (AvgIpc) is 2.69. The van der Waals surface area contributed by atoms with E-state index in [9.17, 15) is 4.79 Å². The van der Waals surface area contributed by atoms with Crippen LogP contribution in [-0.2, 0) is 4.79 Å². The Kier molecular flexibility index (Phi) is 6.20. The second-order valence-corrected chi connectivity index (χ2v) is 7.83. The molecule has 0 aromatic heterocycles. The fraction of sp³-hybridized carbons (Fsp3) is 0.348. The molecular weight excluding hydrogens is 388 g/mol. The van der Waals surface area contributed by atoms with E-state index in [1.165, 1.54) is 16.8 Å². The Morgan fingerprint density at radius 2 is 1.76 bits per heavy atom. The lowest BCUT2D eigenvalue weighted by molar-refractivity contribution is -0.139. The van der Waals surface area contributed by atoms with E-state index >= 15 is 0 Å². The molecule has 0 unspecified atom stereocenters. The topological polar surface area (TPSA) is 53.0 Å². The predicted molar refractivity (Wildman–Crippen MR) is 118 cm³/mol. The molecule has 154 valence electrons. The van der Waals surface area contributed by atoms with E-state index in [-0.39, 0.29) is 24.6 Å². The van der Waals surface area contributed by atoms with Crippen molar-refractivity contribution in [3.8, 4) is 5.75 Å². The zero-order valence-corrected chi connectivity index (χ0v) is 17.6. The molecule has 0 aliphatic carbocycles. The van der Waals surface area contributed by atoms with Gasteiger partial charge in [0.15, 0.2) is 0 Å². The van der Waals surface area contributed by atoms with Crippen LogP contribution in [0, 0.1) is 0 Å². The highest BCUT2D eigenvalue weighted by atomic mass is 35.5. The van der Waals surface area contributed by atoms with Gasteiger partial charge in [-0.15, -0.1) is 12.4 Å². The quantitative estimate of drug-likeness (QED) is 0.821. The predicted octanol–water partition coefficient (Wildman–Crippen LogP) is 3.92. The zero-order valence-electron chi connectivity index (χ0n) is 16.8. The van der Waals surface area contributed by atoms with Crippen LogP contribution >= 0.6 is 12.4 Å². The maximum atomic E-state index is 11.0. The second kappa shape index (κ2) is 8.47. The van der Waals surface area contributed by atoms with E-state index in [4.69, 9.17) is 9.84 Å². The molecule has 2 heterocycles. The number of anilines is 1. The van der Waals surface area contributed by atoms with Gasteiger partial charge >= 0.3 is 5.97 Å². The first-order valence-electron chi connectivity index (χ1n) is 9.69. The molecule has 5 nitrogen and oxygen atoms in total. The van der Waals surface area contributed by atoms with Gasteiger partial charge in [0.2, 0.25) is 0 Å². The number of halogens is 1. The van der Waals surface area contributed by atoms with Gasteiger partial charge in [-0.3, -0.25) is 9.69 Å². The molecule has 1 fully saturated rings. The maximum absolute atomic E-state index is 11.0. The molecule has 2 aromatic carbocycles. The number of rotatable bonds is 4. The summed E-state index contributed by atoms with van der Waals surface area (Å²) in [4.78, 5) is 15.1. The van der Waals surface area contributed by atoms with E-state index < -0.39 is 5.97 Å². The SMILES string of the molecule is CN(C)c1ccc(C2=CC3(CCN(CC(=O)O)CC3)Oc3ccccc32)cc1.Cl. The van der Waals surface area contributed by atoms with Gasteiger partial charge in [-0.2, -0.15) is 0 Å². The molecule has 2 aliphatic heterocycles. The molecule has 4 rings (SSSR count). The zero-order chi connectivity index (χ0) is 19.7. The van der Waals surface area contributed by atoms with Crippen LogP contribution in [0.15, 0.2) is 54.6 Å². The van der Waals surface area contributed by atoms with Crippen LogP contribution in [0.2, 0.25) is 0 Å². The summed E-state index contributed by atoms with van der Waals surface area (Å²) < 4.78 is 6.47. The summed E-state index contributed by atoms with van der Waals surface area (Å²) in [6.07, 6.45) is 3.83. The van der Waals surface area contributed by atoms with Crippen LogP contribution in [0.25, 0.3) is 5.57 Å². The lowest BCUT2D eigenvalue weighted by Crippen LogP contribution is -2.49. The standard InChI is InChI=1S/C23H26N2O3.ClH/c1-24(2)18-9-7-17(8-10-18)20-15-23(28-21-6-4-3-5-19(20)21)11-13-25(14-12-23)16-22(26)27;/h3-10,15H,11-14,16H2,1-2H3,(H,26,27);1H. The van der Waals surface area contributed by atoms with Gasteiger partial charge in [-0.1, -0.05) is 30.3 Å². The highest BCUT2D eigenvalue weighted by Crippen LogP contribution is 2.43. The summed E-state index contributed by atoms with van der Waals surface area (Å²) in [7, 11) is 4.08. The number of carboxylic acids is 1. The average molecular weight is 415 g/mol. The Bertz CT molecular complexity index is 901. The summed E-state index contributed by atoms with van der Waals surface area (Å²) in [5.74, 6) is 0.131. The minimum Gasteiger partial charge on any atom is -0.482 e. The van der Waals surface area contributed by atoms with Crippen molar-refractivity contribution in [2.24, 2.45) is 0 Å². The summed E-state index contributed by atoms with van der Waals surface area (Å²) >= 11 is 0. The smallest absolute Gasteiger partial charge is 0.317 e. The summed E-state index contributed by atoms with van der Waals surface area (Å²) in [5, 5.41) is 9.06. The third-order valence-electron chi connectivity index (χ3n) is 5.65. The van der Waals surface area contributed by atoms with Gasteiger partial charge in [0.05, 0.1) is 6.54 Å². The Morgan fingerprint density at radius 3 is 2.38 bits per heavy atom. The van der Waals surface area contributed by atoms with Crippen molar-refractivity contribution in [1.82, 2.24) is 4.90 Å². The number of carboxylic acid groups (broad SMARTS) is 1. The number of hydrogen-bond acceptors (Lipinski definition) is 4. The Morgan fingerprint density at radius 1 is 1.10 bits per heavy atom. The number of hydrogen-bond donors (Lipinski definition) is 1. The lowest BCUT2D eigenvalue weighted by Gasteiger charge is -2.42. The highest BCUT2D eigenvalue weighted by Gasteiger charge is 2.39. The van der Waals surface area contributed by atoms with Crippen molar-refractivity contribution in [3.05, 3.63) is 65.7 Å². The van der Waals surface area contributed by atoms with Crippen LogP contribution in [0.4, 0.5) is 5.69 Å². The molecule has 1 N–H and O–H groups in total. The summed E-state index contributed by atoms with van der Waals surface area (Å²) in [6.45, 7) is 1.53. The molecule has 1 spiro atoms. The van der Waals surface area contributed by atoms with Gasteiger partial charge in [0.1, 0.15) is 11.4 Å². The molecule has 1 saturated heterocycles. The van der Waals surface area contributed by atoms with Crippen molar-refractivity contribution < 1.29 is 14.6 Å². The molecule has 0 atom stereocenters. The number of fused-ring (bicyclic) bond motifs is 1. The van der Waals surface area contributed by atoms with Gasteiger partial charge in [-0.25, -0.2) is 0 Å². The third-order valence-corrected chi connectivity index (χ3v) is 5.65. The summed E-state index contributed by atoms with van der Waals surface area (Å²) in [6, 6.07) is 16.8. The van der Waals surface area contributed by atoms with E-state index in [2.05, 4.69) is 41.3 Å². The molecule has 2 aromatic rings. The number of benzene rings is 2. The Hall–Kier alpha value is -2.50. The second-order valence-electron chi connectivity index (χ2n) is 7.83. The van der Waals surface area contributed by atoms with Crippen molar-refractivity contribution in [1.29, 1.82) is 0 Å². The van der Waals surface area contributed by atoms with Gasteiger partial charge in [0.25, 0.3) is 0 Å². The number of nitrogens with zero attached hydrogens (tertiary/aromatic N) is 2. The number of para-hydroxylation sites is 1. The van der Waals surface area contributed by atoms with Crippen molar-refractivity contribution in [2.75, 3.05) is 38.6 Å². The van der Waals surface area contributed by atoms with Crippen molar-refractivity contribution in [2.45, 2.75) is 18.4 Å². The largest absolute Gasteiger partial charge is 0.482 e. The molecular formula is C23H27ClN2O3. The van der Waals surface area contributed by atoms with Gasteiger partial charge in [-0.05, 0) is 35.4 Å². The number of carbonyl (C=O) groups is 1. The fourth-order valence-corrected chi connectivity index (χ4v) is 4.07. The molecule has 0 radical (unpaired) electrons. The molecule has 0 saturated carbocycles. The lowest BCUT2D eigenvalue weighted by atomic mass is 9.83. The van der Waals surface area contributed by atoms with Gasteiger partial charge in [0, 0.05) is 51.3 Å². The summed E-state index contributed by atoms with van der Waals surface area (Å²) in [5.41, 5.74) is 4.27. The van der Waals surface area contributed by atoms with E-state index in [1.807, 2.05) is 37.2 Å². The molecule has 2 aliphatic rings. The van der Waals surface area contributed by atoms with Crippen LogP contribution < -0.4 is 9.64 Å². The highest BCUT2D eigenvalue weighted by molar-refractivity contribution is 5.86. The monoisotopic (exact) mass is 414 g/mol. The van der Waals surface area contributed by atoms with E-state index in [1.54, 1.807) is 0 Å². The number of likely N-dealkylation sites (tertiary alicyclic amines) is 1. The maximum Gasteiger partial charge on any atom is 0.317 e.